The smallest absolute Gasteiger partial charge is 0.319 e. The van der Waals surface area contributed by atoms with Gasteiger partial charge >= 0.3 is 6.03 Å². The van der Waals surface area contributed by atoms with Crippen molar-refractivity contribution >= 4 is 46.0 Å². The molecule has 2 amide bonds. The van der Waals surface area contributed by atoms with Crippen molar-refractivity contribution in [3.63, 3.8) is 0 Å². The van der Waals surface area contributed by atoms with E-state index in [-0.39, 0.29) is 6.03 Å². The Morgan fingerprint density at radius 1 is 1.08 bits per heavy atom. The first-order chi connectivity index (χ1) is 18.6. The second kappa shape index (κ2) is 13.7. The number of anilines is 1. The predicted molar refractivity (Wildman–Crippen MR) is 150 cm³/mol. The van der Waals surface area contributed by atoms with Crippen LogP contribution in [0.25, 0.3) is 10.9 Å². The lowest BCUT2D eigenvalue weighted by atomic mass is 10.2. The number of fused-ring (bicyclic) bond motifs is 1. The van der Waals surface area contributed by atoms with Crippen molar-refractivity contribution in [3.8, 4) is 23.1 Å². The molecule has 0 bridgehead atoms. The zero-order valence-corrected chi connectivity index (χ0v) is 22.6. The lowest BCUT2D eigenvalue weighted by molar-refractivity contribution is 0.252. The number of nitrogens with one attached hydrogen (secondary N) is 2. The number of urea groups is 1. The number of ether oxygens (including phenoxy) is 3. The Morgan fingerprint density at radius 3 is 2.68 bits per heavy atom. The second-order valence-corrected chi connectivity index (χ2v) is 9.63. The lowest BCUT2D eigenvalue weighted by Gasteiger charge is -2.14. The number of methoxy groups -OCH3 is 1. The molecule has 0 spiro atoms. The molecule has 11 heteroatoms. The van der Waals surface area contributed by atoms with Gasteiger partial charge in [0.25, 0.3) is 0 Å². The minimum Gasteiger partial charge on any atom is -0.493 e. The maximum absolute atomic E-state index is 11.9. The average Bonchev–Trinajstić information content (AvgIpc) is 2.93. The van der Waals surface area contributed by atoms with Gasteiger partial charge in [0, 0.05) is 41.7 Å². The molecule has 4 aromatic rings. The fourth-order valence-corrected chi connectivity index (χ4v) is 4.47. The van der Waals surface area contributed by atoms with Crippen LogP contribution in [0.5, 0.6) is 23.1 Å². The van der Waals surface area contributed by atoms with Gasteiger partial charge in [-0.15, -0.1) is 11.8 Å². The maximum Gasteiger partial charge on any atom is 0.319 e. The van der Waals surface area contributed by atoms with Crippen molar-refractivity contribution in [3.05, 3.63) is 66.2 Å². The summed E-state index contributed by atoms with van der Waals surface area (Å²) in [6.07, 6.45) is 6.70. The number of halogens is 1. The zero-order chi connectivity index (χ0) is 26.7. The largest absolute Gasteiger partial charge is 0.493 e. The van der Waals surface area contributed by atoms with Crippen LogP contribution in [-0.4, -0.2) is 47.0 Å². The van der Waals surface area contributed by atoms with Crippen molar-refractivity contribution in [2.45, 2.75) is 24.7 Å². The van der Waals surface area contributed by atoms with Gasteiger partial charge in [-0.05, 0) is 43.2 Å². The third-order valence-corrected chi connectivity index (χ3v) is 6.70. The Morgan fingerprint density at radius 2 is 1.92 bits per heavy atom. The van der Waals surface area contributed by atoms with Gasteiger partial charge in [-0.2, -0.15) is 0 Å². The van der Waals surface area contributed by atoms with Gasteiger partial charge in [-0.3, -0.25) is 4.98 Å². The highest BCUT2D eigenvalue weighted by molar-refractivity contribution is 7.99. The van der Waals surface area contributed by atoms with Crippen molar-refractivity contribution in [2.24, 2.45) is 0 Å². The van der Waals surface area contributed by atoms with Gasteiger partial charge in [-0.1, -0.05) is 18.5 Å². The molecule has 2 heterocycles. The molecule has 0 saturated carbocycles. The number of aromatic nitrogens is 3. The number of nitrogens with zero attached hydrogens (tertiary/aromatic N) is 3. The van der Waals surface area contributed by atoms with E-state index in [2.05, 4.69) is 25.6 Å². The number of carbonyl (C=O) groups is 1. The van der Waals surface area contributed by atoms with E-state index in [1.165, 1.54) is 11.2 Å². The number of hydrogen-bond acceptors (Lipinski definition) is 8. The number of amides is 2. The van der Waals surface area contributed by atoms with E-state index < -0.39 is 0 Å². The fourth-order valence-electron chi connectivity index (χ4n) is 3.44. The summed E-state index contributed by atoms with van der Waals surface area (Å²) in [4.78, 5) is 25.8. The van der Waals surface area contributed by atoms with Crippen LogP contribution in [0.1, 0.15) is 19.8 Å². The van der Waals surface area contributed by atoms with E-state index in [1.54, 1.807) is 55.5 Å². The van der Waals surface area contributed by atoms with E-state index in [0.717, 1.165) is 18.6 Å². The molecule has 0 aliphatic carbocycles. The average molecular weight is 554 g/mol. The molecular formula is C27H28ClN5O4S. The Labute approximate surface area is 230 Å². The standard InChI is InChI=1S/C27H28ClN5O4S/c1-3-9-30-27(34)33-22-6-5-18(14-21(22)28)37-26-20-15-24(35-2)25(16-23(20)31-17-32-26)36-12-4-13-38-19-7-10-29-11-8-19/h5-8,10-11,14-17H,3-4,9,12-13H2,1-2H3,(H2,30,33,34). The SMILES string of the molecule is CCCNC(=O)Nc1ccc(Oc2ncnc3cc(OCCCSc4ccncc4)c(OC)cc23)cc1Cl. The van der Waals surface area contributed by atoms with E-state index in [1.807, 2.05) is 25.1 Å². The van der Waals surface area contributed by atoms with Gasteiger partial charge in [0.2, 0.25) is 5.88 Å². The van der Waals surface area contributed by atoms with Crippen molar-refractivity contribution in [1.82, 2.24) is 20.3 Å². The van der Waals surface area contributed by atoms with Gasteiger partial charge in [0.05, 0.1) is 35.3 Å². The molecule has 0 aliphatic rings. The number of carbonyl (C=O) groups excluding carboxylic acids is 1. The molecule has 0 aliphatic heterocycles. The number of pyridine rings is 1. The summed E-state index contributed by atoms with van der Waals surface area (Å²) >= 11 is 8.13. The van der Waals surface area contributed by atoms with Crippen LogP contribution in [0.3, 0.4) is 0 Å². The van der Waals surface area contributed by atoms with Crippen LogP contribution in [0.15, 0.2) is 66.1 Å². The number of hydrogen-bond donors (Lipinski definition) is 2. The van der Waals surface area contributed by atoms with Gasteiger partial charge < -0.3 is 24.8 Å². The Balaban J connectivity index is 1.42. The van der Waals surface area contributed by atoms with Crippen LogP contribution >= 0.6 is 23.4 Å². The molecule has 0 saturated heterocycles. The molecule has 0 unspecified atom stereocenters. The third-order valence-electron chi connectivity index (χ3n) is 5.29. The van der Waals surface area contributed by atoms with E-state index in [9.17, 15) is 4.79 Å². The predicted octanol–water partition coefficient (Wildman–Crippen LogP) is 6.57. The first-order valence-electron chi connectivity index (χ1n) is 12.1. The van der Waals surface area contributed by atoms with Crippen molar-refractivity contribution < 1.29 is 19.0 Å². The van der Waals surface area contributed by atoms with Crippen molar-refractivity contribution in [2.75, 3.05) is 31.3 Å². The van der Waals surface area contributed by atoms with E-state index in [0.29, 0.717) is 57.9 Å². The van der Waals surface area contributed by atoms with Crippen LogP contribution in [0, 0.1) is 0 Å². The molecule has 2 aromatic heterocycles. The van der Waals surface area contributed by atoms with E-state index >= 15 is 0 Å². The first-order valence-corrected chi connectivity index (χ1v) is 13.4. The maximum atomic E-state index is 11.9. The molecule has 0 radical (unpaired) electrons. The second-order valence-electron chi connectivity index (χ2n) is 8.06. The van der Waals surface area contributed by atoms with Crippen LogP contribution in [0.4, 0.5) is 10.5 Å². The molecule has 0 atom stereocenters. The third kappa shape index (κ3) is 7.39. The van der Waals surface area contributed by atoms with Gasteiger partial charge in [-0.25, -0.2) is 14.8 Å². The summed E-state index contributed by atoms with van der Waals surface area (Å²) in [5, 5.41) is 6.45. The molecule has 0 fully saturated rings. The number of rotatable bonds is 12. The molecular weight excluding hydrogens is 526 g/mol. The number of benzene rings is 2. The van der Waals surface area contributed by atoms with Gasteiger partial charge in [0.1, 0.15) is 12.1 Å². The minimum absolute atomic E-state index is 0.318. The molecule has 2 aromatic carbocycles. The fraction of sp³-hybridized carbons (Fsp3) is 0.259. The monoisotopic (exact) mass is 553 g/mol. The number of thioether (sulfide) groups is 1. The van der Waals surface area contributed by atoms with Crippen LogP contribution < -0.4 is 24.8 Å². The highest BCUT2D eigenvalue weighted by Crippen LogP contribution is 2.37. The Hall–Kier alpha value is -3.76. The first kappa shape index (κ1) is 27.3. The Kier molecular flexibility index (Phi) is 9.83. The molecule has 9 nitrogen and oxygen atoms in total. The van der Waals surface area contributed by atoms with Crippen LogP contribution in [-0.2, 0) is 0 Å². The quantitative estimate of drug-likeness (QED) is 0.150. The lowest BCUT2D eigenvalue weighted by Crippen LogP contribution is -2.29. The summed E-state index contributed by atoms with van der Waals surface area (Å²) in [5.41, 5.74) is 1.12. The van der Waals surface area contributed by atoms with E-state index in [4.69, 9.17) is 25.8 Å². The minimum atomic E-state index is -0.318. The summed E-state index contributed by atoms with van der Waals surface area (Å²) in [5.74, 6) is 2.86. The van der Waals surface area contributed by atoms with Crippen molar-refractivity contribution in [1.29, 1.82) is 0 Å². The summed E-state index contributed by atoms with van der Waals surface area (Å²) in [7, 11) is 1.58. The Bertz CT molecular complexity index is 1380. The summed E-state index contributed by atoms with van der Waals surface area (Å²) in [6, 6.07) is 12.3. The summed E-state index contributed by atoms with van der Waals surface area (Å²) in [6.45, 7) is 3.09. The molecule has 2 N–H and O–H groups in total. The molecule has 198 valence electrons. The normalized spacial score (nSPS) is 10.7. The highest BCUT2D eigenvalue weighted by atomic mass is 35.5. The highest BCUT2D eigenvalue weighted by Gasteiger charge is 2.14. The molecule has 38 heavy (non-hydrogen) atoms. The van der Waals surface area contributed by atoms with Gasteiger partial charge in [0.15, 0.2) is 11.5 Å². The summed E-state index contributed by atoms with van der Waals surface area (Å²) < 4.78 is 17.6. The molecule has 4 rings (SSSR count). The van der Waals surface area contributed by atoms with Crippen LogP contribution in [0.2, 0.25) is 5.02 Å². The topological polar surface area (TPSA) is 107 Å². The zero-order valence-electron chi connectivity index (χ0n) is 21.1.